The first-order valence-corrected chi connectivity index (χ1v) is 10.7. The van der Waals surface area contributed by atoms with E-state index in [9.17, 15) is 9.59 Å². The molecule has 1 amide bonds. The van der Waals surface area contributed by atoms with Gasteiger partial charge in [-0.05, 0) is 43.3 Å². The first kappa shape index (κ1) is 20.0. The number of amides is 1. The third-order valence-electron chi connectivity index (χ3n) is 4.69. The van der Waals surface area contributed by atoms with Crippen molar-refractivity contribution in [3.05, 3.63) is 53.7 Å². The molecule has 2 aromatic heterocycles. The molecule has 0 atom stereocenters. The topological polar surface area (TPSA) is 113 Å². The van der Waals surface area contributed by atoms with E-state index in [0.717, 1.165) is 4.70 Å². The first-order chi connectivity index (χ1) is 15.6. The Kier molecular flexibility index (Phi) is 5.20. The van der Waals surface area contributed by atoms with E-state index in [1.807, 2.05) is 6.07 Å². The van der Waals surface area contributed by atoms with E-state index < -0.39 is 11.9 Å². The molecule has 0 bridgehead atoms. The van der Waals surface area contributed by atoms with Gasteiger partial charge in [0.15, 0.2) is 28.1 Å². The maximum Gasteiger partial charge on any atom is 0.338 e. The van der Waals surface area contributed by atoms with Crippen LogP contribution in [0.4, 0.5) is 5.13 Å². The second kappa shape index (κ2) is 8.31. The van der Waals surface area contributed by atoms with Crippen molar-refractivity contribution in [1.82, 2.24) is 10.1 Å². The van der Waals surface area contributed by atoms with Gasteiger partial charge in [-0.15, -0.1) is 0 Å². The molecule has 0 spiro atoms. The van der Waals surface area contributed by atoms with E-state index in [1.165, 1.54) is 11.3 Å². The van der Waals surface area contributed by atoms with Crippen molar-refractivity contribution in [3.8, 4) is 22.8 Å². The van der Waals surface area contributed by atoms with Crippen LogP contribution in [0.25, 0.3) is 21.5 Å². The van der Waals surface area contributed by atoms with Gasteiger partial charge in [-0.3, -0.25) is 10.1 Å². The van der Waals surface area contributed by atoms with Gasteiger partial charge in [0, 0.05) is 11.6 Å². The highest BCUT2D eigenvalue weighted by Gasteiger charge is 2.19. The minimum atomic E-state index is -0.456. The summed E-state index contributed by atoms with van der Waals surface area (Å²) in [6.45, 7) is 3.03. The molecule has 10 heteroatoms. The number of ether oxygens (including phenoxy) is 3. The third-order valence-corrected chi connectivity index (χ3v) is 5.62. The fraction of sp³-hybridized carbons (Fsp3) is 0.182. The molecule has 1 aliphatic heterocycles. The number of hydrogen-bond donors (Lipinski definition) is 1. The van der Waals surface area contributed by atoms with Gasteiger partial charge in [0.05, 0.1) is 22.4 Å². The Bertz CT molecular complexity index is 1330. The third kappa shape index (κ3) is 3.87. The van der Waals surface area contributed by atoms with Crippen LogP contribution < -0.4 is 14.8 Å². The SMILES string of the molecule is CCOC(=O)c1ccc2nc(NC(=O)c3cc(-c4ccc5c(c4)OCCO5)on3)sc2c1. The average molecular weight is 451 g/mol. The van der Waals surface area contributed by atoms with Gasteiger partial charge in [-0.25, -0.2) is 9.78 Å². The van der Waals surface area contributed by atoms with Crippen LogP contribution in [-0.2, 0) is 4.74 Å². The van der Waals surface area contributed by atoms with E-state index in [1.54, 1.807) is 43.3 Å². The molecule has 5 rings (SSSR count). The summed E-state index contributed by atoms with van der Waals surface area (Å²) < 4.78 is 22.2. The highest BCUT2D eigenvalue weighted by atomic mass is 32.1. The fourth-order valence-electron chi connectivity index (χ4n) is 3.20. The van der Waals surface area contributed by atoms with E-state index in [4.69, 9.17) is 18.7 Å². The number of fused-ring (bicyclic) bond motifs is 2. The molecule has 2 aromatic carbocycles. The van der Waals surface area contributed by atoms with Crippen molar-refractivity contribution in [3.63, 3.8) is 0 Å². The molecule has 0 saturated carbocycles. The molecule has 0 radical (unpaired) electrons. The zero-order valence-corrected chi connectivity index (χ0v) is 17.7. The highest BCUT2D eigenvalue weighted by molar-refractivity contribution is 7.22. The Labute approximate surface area is 185 Å². The van der Waals surface area contributed by atoms with Gasteiger partial charge >= 0.3 is 5.97 Å². The standard InChI is InChI=1S/C22H17N3O6S/c1-2-28-21(27)13-3-5-14-19(10-13)32-22(23-14)24-20(26)15-11-17(31-25-15)12-4-6-16-18(9-12)30-8-7-29-16/h3-6,9-11H,2,7-8H2,1H3,(H,23,24,26). The molecule has 1 N–H and O–H groups in total. The van der Waals surface area contributed by atoms with Crippen LogP contribution in [0.1, 0.15) is 27.8 Å². The summed E-state index contributed by atoms with van der Waals surface area (Å²) in [7, 11) is 0. The number of hydrogen-bond acceptors (Lipinski definition) is 9. The van der Waals surface area contributed by atoms with Crippen molar-refractivity contribution < 1.29 is 28.3 Å². The smallest absolute Gasteiger partial charge is 0.338 e. The Morgan fingerprint density at radius 3 is 2.78 bits per heavy atom. The lowest BCUT2D eigenvalue weighted by atomic mass is 10.1. The summed E-state index contributed by atoms with van der Waals surface area (Å²) in [6, 6.07) is 12.0. The average Bonchev–Trinajstić information content (AvgIpc) is 3.45. The summed E-state index contributed by atoms with van der Waals surface area (Å²) in [6.07, 6.45) is 0. The molecule has 1 aliphatic rings. The van der Waals surface area contributed by atoms with E-state index in [-0.39, 0.29) is 5.69 Å². The molecule has 3 heterocycles. The van der Waals surface area contributed by atoms with E-state index >= 15 is 0 Å². The number of esters is 1. The monoisotopic (exact) mass is 451 g/mol. The maximum absolute atomic E-state index is 12.6. The number of carbonyl (C=O) groups is 2. The van der Waals surface area contributed by atoms with Crippen LogP contribution in [0.3, 0.4) is 0 Å². The summed E-state index contributed by atoms with van der Waals surface area (Å²) in [4.78, 5) is 28.9. The number of rotatable bonds is 5. The van der Waals surface area contributed by atoms with Crippen molar-refractivity contribution in [1.29, 1.82) is 0 Å². The zero-order chi connectivity index (χ0) is 22.1. The number of anilines is 1. The number of carbonyl (C=O) groups excluding carboxylic acids is 2. The highest BCUT2D eigenvalue weighted by Crippen LogP contribution is 2.35. The van der Waals surface area contributed by atoms with Gasteiger partial charge in [0.2, 0.25) is 0 Å². The normalized spacial score (nSPS) is 12.5. The number of benzene rings is 2. The quantitative estimate of drug-likeness (QED) is 0.450. The largest absolute Gasteiger partial charge is 0.486 e. The molecule has 9 nitrogen and oxygen atoms in total. The lowest BCUT2D eigenvalue weighted by Crippen LogP contribution is -2.15. The zero-order valence-electron chi connectivity index (χ0n) is 16.9. The summed E-state index contributed by atoms with van der Waals surface area (Å²) in [5.41, 5.74) is 1.92. The molecule has 162 valence electrons. The number of aromatic nitrogens is 2. The van der Waals surface area contributed by atoms with Crippen LogP contribution in [0.15, 0.2) is 47.0 Å². The molecular formula is C22H17N3O6S. The van der Waals surface area contributed by atoms with Crippen LogP contribution >= 0.6 is 11.3 Å². The second-order valence-electron chi connectivity index (χ2n) is 6.81. The van der Waals surface area contributed by atoms with Crippen LogP contribution in [0.2, 0.25) is 0 Å². The summed E-state index contributed by atoms with van der Waals surface area (Å²) in [5, 5.41) is 6.97. The Hall–Kier alpha value is -3.92. The van der Waals surface area contributed by atoms with E-state index in [0.29, 0.717) is 58.9 Å². The van der Waals surface area contributed by atoms with Gasteiger partial charge in [0.1, 0.15) is 13.2 Å². The molecule has 0 saturated heterocycles. The first-order valence-electron chi connectivity index (χ1n) is 9.86. The molecule has 32 heavy (non-hydrogen) atoms. The molecule has 0 aliphatic carbocycles. The molecular weight excluding hydrogens is 434 g/mol. The second-order valence-corrected chi connectivity index (χ2v) is 7.84. The number of thiazole rings is 1. The van der Waals surface area contributed by atoms with Crippen LogP contribution in [0.5, 0.6) is 11.5 Å². The van der Waals surface area contributed by atoms with Gasteiger partial charge < -0.3 is 18.7 Å². The fourth-order valence-corrected chi connectivity index (χ4v) is 4.10. The predicted octanol–water partition coefficient (Wildman–Crippen LogP) is 4.15. The minimum Gasteiger partial charge on any atom is -0.486 e. The van der Waals surface area contributed by atoms with Gasteiger partial charge in [0.25, 0.3) is 5.91 Å². The van der Waals surface area contributed by atoms with Crippen molar-refractivity contribution >= 4 is 38.6 Å². The summed E-state index contributed by atoms with van der Waals surface area (Å²) in [5.74, 6) is 0.854. The molecule has 4 aromatic rings. The Morgan fingerprint density at radius 1 is 1.09 bits per heavy atom. The Morgan fingerprint density at radius 2 is 1.94 bits per heavy atom. The van der Waals surface area contributed by atoms with E-state index in [2.05, 4.69) is 15.5 Å². The summed E-state index contributed by atoms with van der Waals surface area (Å²) >= 11 is 1.25. The van der Waals surface area contributed by atoms with Crippen molar-refractivity contribution in [2.24, 2.45) is 0 Å². The predicted molar refractivity (Wildman–Crippen MR) is 116 cm³/mol. The molecule has 0 unspecified atom stereocenters. The molecule has 0 fully saturated rings. The van der Waals surface area contributed by atoms with Gasteiger partial charge in [-0.2, -0.15) is 0 Å². The minimum absolute atomic E-state index is 0.112. The van der Waals surface area contributed by atoms with Crippen molar-refractivity contribution in [2.75, 3.05) is 25.1 Å². The van der Waals surface area contributed by atoms with Crippen LogP contribution in [0, 0.1) is 0 Å². The number of nitrogens with one attached hydrogen (secondary N) is 1. The lowest BCUT2D eigenvalue weighted by Gasteiger charge is -2.18. The van der Waals surface area contributed by atoms with Crippen LogP contribution in [-0.4, -0.2) is 41.8 Å². The van der Waals surface area contributed by atoms with Crippen molar-refractivity contribution in [2.45, 2.75) is 6.92 Å². The lowest BCUT2D eigenvalue weighted by molar-refractivity contribution is 0.0526. The van der Waals surface area contributed by atoms with Gasteiger partial charge in [-0.1, -0.05) is 16.5 Å². The Balaban J connectivity index is 1.33. The maximum atomic E-state index is 12.6. The number of nitrogens with zero attached hydrogens (tertiary/aromatic N) is 2.